The molecular weight excluding hydrogens is 294 g/mol. The largest absolute Gasteiger partial charge is 0.619 e. The zero-order valence-corrected chi connectivity index (χ0v) is 14.2. The lowest BCUT2D eigenvalue weighted by molar-refractivity contribution is -0.489. The number of hydrogen-bond donors (Lipinski definition) is 0. The topological polar surface area (TPSA) is 32.6 Å². The molecule has 0 saturated carbocycles. The second-order valence-electron chi connectivity index (χ2n) is 6.52. The van der Waals surface area contributed by atoms with Gasteiger partial charge < -0.3 is 13.5 Å². The third-order valence-electron chi connectivity index (χ3n) is 4.41. The fourth-order valence-corrected chi connectivity index (χ4v) is 3.24. The Kier molecular flexibility index (Phi) is 4.64. The van der Waals surface area contributed by atoms with Crippen LogP contribution in [0.2, 0.25) is 0 Å². The number of rotatable bonds is 5. The van der Waals surface area contributed by atoms with Crippen molar-refractivity contribution in [3.8, 4) is 0 Å². The first-order valence-corrected chi connectivity index (χ1v) is 7.82. The molecule has 1 aliphatic rings. The van der Waals surface area contributed by atoms with Crippen LogP contribution in [0.4, 0.5) is 4.32 Å². The third-order valence-corrected chi connectivity index (χ3v) is 4.41. The maximum absolute atomic E-state index is 16.0. The lowest BCUT2D eigenvalue weighted by Crippen LogP contribution is -2.60. The van der Waals surface area contributed by atoms with Crippen LogP contribution >= 0.6 is 0 Å². The van der Waals surface area contributed by atoms with Gasteiger partial charge in [-0.1, -0.05) is 55.7 Å². The molecule has 4 nitrogen and oxygen atoms in total. The van der Waals surface area contributed by atoms with E-state index in [2.05, 4.69) is 6.58 Å². The molecule has 0 aromatic heterocycles. The minimum Gasteiger partial charge on any atom is -0.619 e. The Balaban J connectivity index is 2.72. The fraction of sp³-hybridized carbons (Fsp3) is 0.412. The molecule has 0 aliphatic carbocycles. The van der Waals surface area contributed by atoms with E-state index in [4.69, 9.17) is 4.65 Å². The Morgan fingerprint density at radius 1 is 1.39 bits per heavy atom. The summed E-state index contributed by atoms with van der Waals surface area (Å²) in [4.78, 5) is 14.5. The molecule has 2 rings (SSSR count). The second kappa shape index (κ2) is 6.18. The summed E-state index contributed by atoms with van der Waals surface area (Å²) in [5.41, 5.74) is -0.748. The lowest BCUT2D eigenvalue weighted by atomic mass is 9.65. The Morgan fingerprint density at radius 2 is 2.00 bits per heavy atom. The van der Waals surface area contributed by atoms with Gasteiger partial charge in [0.05, 0.1) is 14.1 Å². The van der Waals surface area contributed by atoms with E-state index in [0.717, 1.165) is 0 Å². The Bertz CT molecular complexity index is 633. The van der Waals surface area contributed by atoms with Crippen molar-refractivity contribution in [3.63, 3.8) is 0 Å². The molecule has 0 spiro atoms. The normalized spacial score (nSPS) is 29.0. The Hall–Kier alpha value is -2.11. The third kappa shape index (κ3) is 2.66. The summed E-state index contributed by atoms with van der Waals surface area (Å²) >= 11 is 0. The van der Waals surface area contributed by atoms with Gasteiger partial charge in [-0.3, -0.25) is 9.69 Å². The van der Waals surface area contributed by atoms with Gasteiger partial charge in [0.1, 0.15) is 0 Å². The Labute approximate surface area is 137 Å². The standard InChI is InChI=1S/C17H24BFN2O2/c1-6-12-17(14(2)3)16(22)23-18(19,21(17)13-20(4)5)15-10-8-7-9-11-15/h6-11,13-14H,1,12H2,2-5H3/b21-13+/t17-,18?/m1/s1. The van der Waals surface area contributed by atoms with Gasteiger partial charge in [0.25, 0.3) is 0 Å². The first-order chi connectivity index (χ1) is 10.8. The van der Waals surface area contributed by atoms with Crippen molar-refractivity contribution in [3.05, 3.63) is 43.0 Å². The molecule has 1 saturated heterocycles. The quantitative estimate of drug-likeness (QED) is 0.472. The van der Waals surface area contributed by atoms with Gasteiger partial charge in [0.15, 0.2) is 11.9 Å². The molecule has 0 N–H and O–H groups in total. The first kappa shape index (κ1) is 17.3. The molecule has 1 aliphatic heterocycles. The lowest BCUT2D eigenvalue weighted by Gasteiger charge is -2.35. The molecule has 0 amide bonds. The zero-order valence-electron chi connectivity index (χ0n) is 14.2. The van der Waals surface area contributed by atoms with Crippen molar-refractivity contribution in [2.24, 2.45) is 5.92 Å². The van der Waals surface area contributed by atoms with Crippen LogP contribution in [0.25, 0.3) is 0 Å². The van der Waals surface area contributed by atoms with E-state index < -0.39 is 18.3 Å². The predicted octanol–water partition coefficient (Wildman–Crippen LogP) is 1.93. The van der Waals surface area contributed by atoms with E-state index in [0.29, 0.717) is 11.9 Å². The van der Waals surface area contributed by atoms with E-state index in [1.807, 2.05) is 13.8 Å². The first-order valence-electron chi connectivity index (χ1n) is 7.82. The van der Waals surface area contributed by atoms with Gasteiger partial charge in [0.2, 0.25) is 0 Å². The van der Waals surface area contributed by atoms with Crippen molar-refractivity contribution in [1.29, 1.82) is 0 Å². The average Bonchev–Trinajstić information content (AvgIpc) is 2.71. The average molecular weight is 318 g/mol. The van der Waals surface area contributed by atoms with Crippen molar-refractivity contribution in [2.75, 3.05) is 14.1 Å². The molecule has 0 radical (unpaired) electrons. The number of halogens is 1. The van der Waals surface area contributed by atoms with Crippen LogP contribution in [0.15, 0.2) is 43.0 Å². The van der Waals surface area contributed by atoms with Crippen molar-refractivity contribution >= 4 is 24.5 Å². The molecule has 23 heavy (non-hydrogen) atoms. The SMILES string of the molecule is C=CC[C@@]1(C(C)C)C(=O)O[B-](F)(c2ccccc2)/[N+]1=C/N(C)C. The molecule has 1 aromatic rings. The smallest absolute Gasteiger partial charge is 0.568 e. The van der Waals surface area contributed by atoms with Gasteiger partial charge >= 0.3 is 12.7 Å². The minimum absolute atomic E-state index is 0.146. The number of hydrogen-bond acceptors (Lipinski definition) is 2. The number of nitrogens with zero attached hydrogens (tertiary/aromatic N) is 2. The summed E-state index contributed by atoms with van der Waals surface area (Å²) in [7, 11) is 3.59. The predicted molar refractivity (Wildman–Crippen MR) is 91.4 cm³/mol. The van der Waals surface area contributed by atoms with E-state index in [1.54, 1.807) is 61.7 Å². The summed E-state index contributed by atoms with van der Waals surface area (Å²) in [6.07, 6.45) is 3.57. The van der Waals surface area contributed by atoms with Gasteiger partial charge in [0, 0.05) is 12.3 Å². The monoisotopic (exact) mass is 318 g/mol. The molecule has 1 fully saturated rings. The highest BCUT2D eigenvalue weighted by molar-refractivity contribution is 6.76. The highest BCUT2D eigenvalue weighted by Gasteiger charge is 2.62. The second-order valence-corrected chi connectivity index (χ2v) is 6.52. The van der Waals surface area contributed by atoms with Crippen LogP contribution in [-0.2, 0) is 9.45 Å². The maximum atomic E-state index is 16.0. The van der Waals surface area contributed by atoms with Crippen LogP contribution in [-0.4, -0.2) is 48.1 Å². The summed E-state index contributed by atoms with van der Waals surface area (Å²) in [6.45, 7) is 4.40. The van der Waals surface area contributed by atoms with E-state index in [1.165, 1.54) is 4.49 Å². The molecule has 1 unspecified atom stereocenters. The van der Waals surface area contributed by atoms with Crippen LogP contribution in [0, 0.1) is 5.92 Å². The maximum Gasteiger partial charge on any atom is 0.568 e. The highest BCUT2D eigenvalue weighted by atomic mass is 19.1. The molecule has 2 atom stereocenters. The van der Waals surface area contributed by atoms with Crippen molar-refractivity contribution in [1.82, 2.24) is 4.90 Å². The molecule has 124 valence electrons. The van der Waals surface area contributed by atoms with E-state index in [9.17, 15) is 4.79 Å². The van der Waals surface area contributed by atoms with E-state index in [-0.39, 0.29) is 5.92 Å². The van der Waals surface area contributed by atoms with Crippen molar-refractivity contribution < 1.29 is 18.3 Å². The van der Waals surface area contributed by atoms with Crippen LogP contribution in [0.5, 0.6) is 0 Å². The molecule has 1 heterocycles. The van der Waals surface area contributed by atoms with Crippen LogP contribution in [0.1, 0.15) is 20.3 Å². The van der Waals surface area contributed by atoms with Crippen LogP contribution in [0.3, 0.4) is 0 Å². The molecule has 0 bridgehead atoms. The summed E-state index contributed by atoms with van der Waals surface area (Å²) in [5, 5.41) is 0. The molecular formula is C17H24BFN2O2. The fourth-order valence-electron chi connectivity index (χ4n) is 3.24. The van der Waals surface area contributed by atoms with Gasteiger partial charge in [-0.25, -0.2) is 0 Å². The summed E-state index contributed by atoms with van der Waals surface area (Å²) < 4.78 is 22.8. The summed E-state index contributed by atoms with van der Waals surface area (Å²) in [5.74, 6) is -0.690. The highest BCUT2D eigenvalue weighted by Crippen LogP contribution is 2.38. The van der Waals surface area contributed by atoms with Crippen LogP contribution < -0.4 is 5.46 Å². The number of carbonyl (C=O) groups excluding carboxylic acids is 1. The zero-order chi connectivity index (χ0) is 17.3. The Morgan fingerprint density at radius 3 is 2.48 bits per heavy atom. The minimum atomic E-state index is -3.14. The number of carbonyl (C=O) groups is 1. The summed E-state index contributed by atoms with van der Waals surface area (Å²) in [6, 6.07) is 8.58. The van der Waals surface area contributed by atoms with Gasteiger partial charge in [-0.2, -0.15) is 0 Å². The van der Waals surface area contributed by atoms with Crippen molar-refractivity contribution in [2.45, 2.75) is 25.8 Å². The van der Waals surface area contributed by atoms with Gasteiger partial charge in [-0.05, 0) is 0 Å². The number of benzene rings is 1. The molecule has 6 heteroatoms. The molecule has 1 aromatic carbocycles. The van der Waals surface area contributed by atoms with E-state index >= 15 is 4.32 Å². The van der Waals surface area contributed by atoms with Gasteiger partial charge in [-0.15, -0.1) is 6.58 Å².